The van der Waals surface area contributed by atoms with E-state index < -0.39 is 37.7 Å². The molecule has 43 heavy (non-hydrogen) atoms. The highest BCUT2D eigenvalue weighted by Gasteiger charge is 2.40. The fourth-order valence-corrected chi connectivity index (χ4v) is 5.90. The fourth-order valence-electron chi connectivity index (χ4n) is 5.30. The molecule has 0 spiro atoms. The van der Waals surface area contributed by atoms with Gasteiger partial charge in [-0.3, -0.25) is 9.32 Å². The number of phosphoric acid groups is 1. The standard InChI is InChI=1S/C31H50NO10P/c1-4-24-13-15-30(35)41-27(24)16-17-31(36,18-19-32)28(42-43(37,38)39)21-25(33)10-6-5-8-23-9-7-11-26(20-23)40-29(34)14-12-22(2)3/h5-6,8,10,13,15-17,22-28,33,36H,4,7,9,11-12,14,18-21,32H2,1-3H3,(H2,37,38,39)/b8-5-,10-6-,17-16+/t23-,24-,25-,26-,27+,28-,31+/m0/s1. The maximum absolute atomic E-state index is 12.1. The van der Waals surface area contributed by atoms with Crippen LogP contribution in [-0.2, 0) is 28.2 Å². The lowest BCUT2D eigenvalue weighted by atomic mass is 9.86. The first kappa shape index (κ1) is 37.1. The number of aliphatic hydroxyl groups excluding tert-OH is 1. The molecule has 0 saturated heterocycles. The van der Waals surface area contributed by atoms with Crippen molar-refractivity contribution in [1.29, 1.82) is 0 Å². The van der Waals surface area contributed by atoms with Crippen LogP contribution in [0.2, 0.25) is 0 Å². The van der Waals surface area contributed by atoms with Crippen molar-refractivity contribution in [2.45, 2.75) is 109 Å². The number of esters is 2. The number of hydrogen-bond acceptors (Lipinski definition) is 9. The lowest BCUT2D eigenvalue weighted by molar-refractivity contribution is -0.151. The fraction of sp³-hybridized carbons (Fsp3) is 0.677. The average Bonchev–Trinajstić information content (AvgIpc) is 2.92. The molecule has 7 atom stereocenters. The van der Waals surface area contributed by atoms with E-state index in [0.717, 1.165) is 32.1 Å². The molecule has 1 fully saturated rings. The van der Waals surface area contributed by atoms with Gasteiger partial charge in [0.15, 0.2) is 0 Å². The van der Waals surface area contributed by atoms with Crippen LogP contribution in [0.5, 0.6) is 0 Å². The van der Waals surface area contributed by atoms with Crippen molar-refractivity contribution in [1.82, 2.24) is 0 Å². The monoisotopic (exact) mass is 627 g/mol. The summed E-state index contributed by atoms with van der Waals surface area (Å²) in [6, 6.07) is 0. The molecule has 2 aliphatic rings. The smallest absolute Gasteiger partial charge is 0.462 e. The van der Waals surface area contributed by atoms with Crippen molar-refractivity contribution in [3.8, 4) is 0 Å². The SMILES string of the molecule is CC[C@H]1C=CC(=O)O[C@@H]1/C=C/[C@@](O)(CCN)[C@H](C[C@@H](O)/C=C\C=C/[C@H]1CCC[C@H](OC(=O)CCC(C)C)C1)OP(=O)(O)O. The molecule has 0 amide bonds. The largest absolute Gasteiger partial charge is 0.469 e. The quantitative estimate of drug-likeness (QED) is 0.0679. The number of nitrogens with two attached hydrogens (primary N) is 1. The molecule has 1 heterocycles. The van der Waals surface area contributed by atoms with Gasteiger partial charge in [0.2, 0.25) is 0 Å². The predicted octanol–water partition coefficient (Wildman–Crippen LogP) is 4.01. The molecule has 0 unspecified atom stereocenters. The summed E-state index contributed by atoms with van der Waals surface area (Å²) in [5, 5.41) is 22.1. The van der Waals surface area contributed by atoms with E-state index in [9.17, 15) is 34.2 Å². The zero-order valence-corrected chi connectivity index (χ0v) is 26.4. The van der Waals surface area contributed by atoms with Gasteiger partial charge < -0.3 is 35.2 Å². The zero-order chi connectivity index (χ0) is 32.0. The lowest BCUT2D eigenvalue weighted by Crippen LogP contribution is -2.45. The molecule has 1 aliphatic carbocycles. The van der Waals surface area contributed by atoms with Crippen molar-refractivity contribution < 1.29 is 48.2 Å². The van der Waals surface area contributed by atoms with Crippen LogP contribution in [0.15, 0.2) is 48.6 Å². The first-order chi connectivity index (χ1) is 20.2. The minimum atomic E-state index is -5.07. The summed E-state index contributed by atoms with van der Waals surface area (Å²) < 4.78 is 27.7. The van der Waals surface area contributed by atoms with Crippen LogP contribution in [0.4, 0.5) is 0 Å². The third-order valence-corrected chi connectivity index (χ3v) is 8.27. The van der Waals surface area contributed by atoms with Gasteiger partial charge in [0.1, 0.15) is 23.9 Å². The summed E-state index contributed by atoms with van der Waals surface area (Å²) in [4.78, 5) is 43.0. The third-order valence-electron chi connectivity index (χ3n) is 7.74. The van der Waals surface area contributed by atoms with Gasteiger partial charge in [-0.2, -0.15) is 0 Å². The lowest BCUT2D eigenvalue weighted by Gasteiger charge is -2.35. The molecule has 0 aromatic carbocycles. The minimum Gasteiger partial charge on any atom is -0.462 e. The Morgan fingerprint density at radius 1 is 1.26 bits per heavy atom. The highest BCUT2D eigenvalue weighted by atomic mass is 31.2. The van der Waals surface area contributed by atoms with Crippen LogP contribution in [0.1, 0.15) is 78.6 Å². The number of hydrogen-bond donors (Lipinski definition) is 5. The van der Waals surface area contributed by atoms with E-state index in [1.54, 1.807) is 18.2 Å². The number of carbonyl (C=O) groups excluding carboxylic acids is 2. The van der Waals surface area contributed by atoms with Crippen LogP contribution in [0, 0.1) is 17.8 Å². The van der Waals surface area contributed by atoms with E-state index in [1.165, 1.54) is 24.3 Å². The Kier molecular flexibility index (Phi) is 15.5. The number of carbonyl (C=O) groups is 2. The first-order valence-corrected chi connectivity index (χ1v) is 16.7. The normalized spacial score (nSPS) is 26.2. The molecule has 12 heteroatoms. The van der Waals surface area contributed by atoms with Gasteiger partial charge in [-0.15, -0.1) is 0 Å². The number of aliphatic hydroxyl groups is 2. The van der Waals surface area contributed by atoms with E-state index in [-0.39, 0.29) is 43.3 Å². The van der Waals surface area contributed by atoms with Crippen molar-refractivity contribution in [2.24, 2.45) is 23.5 Å². The van der Waals surface area contributed by atoms with E-state index in [1.807, 2.05) is 13.0 Å². The zero-order valence-electron chi connectivity index (χ0n) is 25.5. The summed E-state index contributed by atoms with van der Waals surface area (Å²) in [6.45, 7) is 6.00. The Morgan fingerprint density at radius 3 is 2.65 bits per heavy atom. The van der Waals surface area contributed by atoms with Crippen LogP contribution in [0.3, 0.4) is 0 Å². The predicted molar refractivity (Wildman–Crippen MR) is 162 cm³/mol. The number of phosphoric ester groups is 1. The molecule has 0 aromatic rings. The second-order valence-electron chi connectivity index (χ2n) is 11.9. The van der Waals surface area contributed by atoms with Crippen molar-refractivity contribution in [3.63, 3.8) is 0 Å². The van der Waals surface area contributed by atoms with Gasteiger partial charge >= 0.3 is 19.8 Å². The number of cyclic esters (lactones) is 1. The van der Waals surface area contributed by atoms with Crippen molar-refractivity contribution in [2.75, 3.05) is 6.54 Å². The van der Waals surface area contributed by atoms with Crippen LogP contribution < -0.4 is 5.73 Å². The third kappa shape index (κ3) is 14.0. The Morgan fingerprint density at radius 2 is 2.00 bits per heavy atom. The number of allylic oxidation sites excluding steroid dienone is 3. The summed E-state index contributed by atoms with van der Waals surface area (Å²) in [6.07, 6.45) is 13.9. The first-order valence-electron chi connectivity index (χ1n) is 15.2. The maximum Gasteiger partial charge on any atom is 0.469 e. The molecule has 1 saturated carbocycles. The minimum absolute atomic E-state index is 0.0481. The van der Waals surface area contributed by atoms with Crippen LogP contribution in [0.25, 0.3) is 0 Å². The molecule has 0 bridgehead atoms. The second-order valence-corrected chi connectivity index (χ2v) is 13.0. The highest BCUT2D eigenvalue weighted by molar-refractivity contribution is 7.46. The summed E-state index contributed by atoms with van der Waals surface area (Å²) in [7, 11) is -5.07. The van der Waals surface area contributed by atoms with Gasteiger partial charge in [-0.25, -0.2) is 9.36 Å². The van der Waals surface area contributed by atoms with Gasteiger partial charge in [0.05, 0.1) is 6.10 Å². The van der Waals surface area contributed by atoms with E-state index in [0.29, 0.717) is 18.8 Å². The molecule has 6 N–H and O–H groups in total. The molecule has 11 nitrogen and oxygen atoms in total. The Bertz CT molecular complexity index is 1050. The van der Waals surface area contributed by atoms with Gasteiger partial charge in [0.25, 0.3) is 0 Å². The van der Waals surface area contributed by atoms with Crippen molar-refractivity contribution >= 4 is 19.8 Å². The van der Waals surface area contributed by atoms with E-state index >= 15 is 0 Å². The Balaban J connectivity index is 2.06. The van der Waals surface area contributed by atoms with Gasteiger partial charge in [-0.05, 0) is 69.4 Å². The number of ether oxygens (including phenoxy) is 2. The maximum atomic E-state index is 12.1. The summed E-state index contributed by atoms with van der Waals surface area (Å²) in [5.74, 6) is -0.196. The number of rotatable bonds is 17. The van der Waals surface area contributed by atoms with Crippen LogP contribution >= 0.6 is 7.82 Å². The van der Waals surface area contributed by atoms with Crippen molar-refractivity contribution in [3.05, 3.63) is 48.6 Å². The van der Waals surface area contributed by atoms with E-state index in [4.69, 9.17) is 19.7 Å². The Hall–Kier alpha value is -2.11. The van der Waals surface area contributed by atoms with Gasteiger partial charge in [0, 0.05) is 24.8 Å². The van der Waals surface area contributed by atoms with Crippen LogP contribution in [-0.4, -0.2) is 68.5 Å². The van der Waals surface area contributed by atoms with Gasteiger partial charge in [-0.1, -0.05) is 57.2 Å². The topological polar surface area (TPSA) is 186 Å². The molecular formula is C31H50NO10P. The average molecular weight is 628 g/mol. The molecule has 0 aromatic heterocycles. The summed E-state index contributed by atoms with van der Waals surface area (Å²) >= 11 is 0. The summed E-state index contributed by atoms with van der Waals surface area (Å²) in [5.41, 5.74) is 3.73. The molecule has 1 aliphatic heterocycles. The molecule has 2 rings (SSSR count). The molecule has 244 valence electrons. The highest BCUT2D eigenvalue weighted by Crippen LogP contribution is 2.42. The Labute approximate surface area is 255 Å². The molecule has 0 radical (unpaired) electrons. The van der Waals surface area contributed by atoms with E-state index in [2.05, 4.69) is 13.8 Å². The molecular weight excluding hydrogens is 577 g/mol. The second kappa shape index (κ2) is 18.0.